The zero-order valence-electron chi connectivity index (χ0n) is 16.4. The van der Waals surface area contributed by atoms with Gasteiger partial charge in [0, 0.05) is 29.0 Å². The number of nitrogens with one attached hydrogen (secondary N) is 2. The molecule has 3 aromatic heterocycles. The number of carbonyl (C=O) groups is 1. The van der Waals surface area contributed by atoms with E-state index in [4.69, 9.17) is 4.52 Å². The molecule has 1 atom stereocenters. The van der Waals surface area contributed by atoms with E-state index < -0.39 is 22.0 Å². The Balaban J connectivity index is 1.43. The molecule has 4 aromatic rings. The van der Waals surface area contributed by atoms with Crippen molar-refractivity contribution in [2.24, 2.45) is 0 Å². The molecule has 30 heavy (non-hydrogen) atoms. The lowest BCUT2D eigenvalue weighted by molar-refractivity contribution is -0.117. The van der Waals surface area contributed by atoms with E-state index in [0.717, 1.165) is 16.2 Å². The molecule has 0 unspecified atom stereocenters. The smallest absolute Gasteiger partial charge is 0.246 e. The first kappa shape index (κ1) is 20.3. The van der Waals surface area contributed by atoms with Gasteiger partial charge in [-0.1, -0.05) is 17.3 Å². The number of rotatable bonds is 6. The fourth-order valence-electron chi connectivity index (χ4n) is 3.04. The van der Waals surface area contributed by atoms with Crippen LogP contribution in [0.3, 0.4) is 0 Å². The van der Waals surface area contributed by atoms with E-state index in [1.165, 1.54) is 20.8 Å². The summed E-state index contributed by atoms with van der Waals surface area (Å²) in [6, 6.07) is 6.19. The standard InChI is InChI=1S/C19H19N5O4S2/c1-11-17(13(3)28-22-11)30(26,27)23-12(2)18(25)20-15-6-4-14(5-7-15)16-10-24-8-9-29-19(24)21-16/h4-10,12,23H,1-3H3,(H,20,25)/t12-/m1/s1. The van der Waals surface area contributed by atoms with Crippen LogP contribution in [0.1, 0.15) is 18.4 Å². The molecular formula is C19H19N5O4S2. The minimum atomic E-state index is -3.94. The number of imidazole rings is 1. The van der Waals surface area contributed by atoms with Gasteiger partial charge in [0.25, 0.3) is 0 Å². The fraction of sp³-hybridized carbons (Fsp3) is 0.211. The number of nitrogens with zero attached hydrogens (tertiary/aromatic N) is 3. The third-order valence-corrected chi connectivity index (χ3v) is 7.06. The van der Waals surface area contributed by atoms with Crippen LogP contribution in [0.4, 0.5) is 5.69 Å². The van der Waals surface area contributed by atoms with Gasteiger partial charge in [-0.3, -0.25) is 9.20 Å². The van der Waals surface area contributed by atoms with Crippen LogP contribution < -0.4 is 10.0 Å². The second-order valence-corrected chi connectivity index (χ2v) is 9.31. The van der Waals surface area contributed by atoms with Crippen LogP contribution >= 0.6 is 11.3 Å². The van der Waals surface area contributed by atoms with E-state index in [1.54, 1.807) is 23.5 Å². The van der Waals surface area contributed by atoms with Gasteiger partial charge in [-0.15, -0.1) is 11.3 Å². The lowest BCUT2D eigenvalue weighted by Crippen LogP contribution is -2.41. The molecule has 0 saturated carbocycles. The van der Waals surface area contributed by atoms with Crippen molar-refractivity contribution in [3.05, 3.63) is 53.5 Å². The maximum absolute atomic E-state index is 12.6. The Kier molecular flexibility index (Phi) is 5.18. The van der Waals surface area contributed by atoms with Gasteiger partial charge in [0.2, 0.25) is 15.9 Å². The Labute approximate surface area is 176 Å². The summed E-state index contributed by atoms with van der Waals surface area (Å²) in [4.78, 5) is 17.9. The first-order chi connectivity index (χ1) is 14.2. The van der Waals surface area contributed by atoms with Gasteiger partial charge in [-0.05, 0) is 32.9 Å². The monoisotopic (exact) mass is 445 g/mol. The maximum atomic E-state index is 12.6. The van der Waals surface area contributed by atoms with Crippen LogP contribution in [0.5, 0.6) is 0 Å². The van der Waals surface area contributed by atoms with Crippen LogP contribution in [-0.2, 0) is 14.8 Å². The molecule has 1 aromatic carbocycles. The summed E-state index contributed by atoms with van der Waals surface area (Å²) in [7, 11) is -3.94. The number of thiazole rings is 1. The summed E-state index contributed by atoms with van der Waals surface area (Å²) < 4.78 is 34.3. The molecule has 156 valence electrons. The van der Waals surface area contributed by atoms with Gasteiger partial charge in [0.1, 0.15) is 10.6 Å². The molecule has 0 fully saturated rings. The van der Waals surface area contributed by atoms with Crippen molar-refractivity contribution in [1.82, 2.24) is 19.3 Å². The molecule has 0 aliphatic carbocycles. The van der Waals surface area contributed by atoms with Gasteiger partial charge in [0.15, 0.2) is 10.7 Å². The molecule has 0 aliphatic heterocycles. The molecule has 0 radical (unpaired) electrons. The Bertz CT molecular complexity index is 1270. The molecule has 0 aliphatic rings. The van der Waals surface area contributed by atoms with Crippen LogP contribution in [-0.4, -0.2) is 34.9 Å². The lowest BCUT2D eigenvalue weighted by Gasteiger charge is -2.14. The molecule has 4 rings (SSSR count). The van der Waals surface area contributed by atoms with Crippen LogP contribution in [0.2, 0.25) is 0 Å². The molecule has 3 heterocycles. The van der Waals surface area contributed by atoms with Crippen molar-refractivity contribution in [3.8, 4) is 11.3 Å². The number of hydrogen-bond acceptors (Lipinski definition) is 7. The normalized spacial score (nSPS) is 12.9. The van der Waals surface area contributed by atoms with E-state index in [1.807, 2.05) is 34.3 Å². The number of amides is 1. The number of benzene rings is 1. The lowest BCUT2D eigenvalue weighted by atomic mass is 10.1. The topological polar surface area (TPSA) is 119 Å². The van der Waals surface area contributed by atoms with E-state index in [0.29, 0.717) is 5.69 Å². The van der Waals surface area contributed by atoms with E-state index in [2.05, 4.69) is 20.2 Å². The molecule has 0 saturated heterocycles. The molecular weight excluding hydrogens is 426 g/mol. The predicted octanol–water partition coefficient (Wildman–Crippen LogP) is 2.97. The molecule has 9 nitrogen and oxygen atoms in total. The highest BCUT2D eigenvalue weighted by molar-refractivity contribution is 7.89. The van der Waals surface area contributed by atoms with Gasteiger partial charge < -0.3 is 9.84 Å². The summed E-state index contributed by atoms with van der Waals surface area (Å²) in [6.45, 7) is 4.50. The number of sulfonamides is 1. The highest BCUT2D eigenvalue weighted by atomic mass is 32.2. The van der Waals surface area contributed by atoms with E-state index in [-0.39, 0.29) is 16.3 Å². The Morgan fingerprint density at radius 3 is 2.60 bits per heavy atom. The van der Waals surface area contributed by atoms with Crippen molar-refractivity contribution in [3.63, 3.8) is 0 Å². The van der Waals surface area contributed by atoms with Crippen LogP contribution in [0.25, 0.3) is 16.2 Å². The third kappa shape index (κ3) is 3.86. The quantitative estimate of drug-likeness (QED) is 0.471. The number of aryl methyl sites for hydroxylation is 2. The fourth-order valence-corrected chi connectivity index (χ4v) is 5.28. The number of fused-ring (bicyclic) bond motifs is 1. The zero-order valence-corrected chi connectivity index (χ0v) is 18.0. The molecule has 11 heteroatoms. The number of carbonyl (C=O) groups excluding carboxylic acids is 1. The zero-order chi connectivity index (χ0) is 21.5. The van der Waals surface area contributed by atoms with Crippen molar-refractivity contribution in [2.45, 2.75) is 31.7 Å². The predicted molar refractivity (Wildman–Crippen MR) is 113 cm³/mol. The second-order valence-electron chi connectivity index (χ2n) is 6.78. The van der Waals surface area contributed by atoms with Crippen molar-refractivity contribution >= 4 is 37.9 Å². The largest absolute Gasteiger partial charge is 0.360 e. The van der Waals surface area contributed by atoms with E-state index >= 15 is 0 Å². The summed E-state index contributed by atoms with van der Waals surface area (Å²) in [5.74, 6) is -0.317. The van der Waals surface area contributed by atoms with Crippen molar-refractivity contribution < 1.29 is 17.7 Å². The van der Waals surface area contributed by atoms with Crippen LogP contribution in [0, 0.1) is 13.8 Å². The van der Waals surface area contributed by atoms with Gasteiger partial charge in [0.05, 0.1) is 11.7 Å². The van der Waals surface area contributed by atoms with Gasteiger partial charge in [-0.2, -0.15) is 4.72 Å². The highest BCUT2D eigenvalue weighted by Gasteiger charge is 2.28. The van der Waals surface area contributed by atoms with Crippen LogP contribution in [0.15, 0.2) is 51.5 Å². The highest BCUT2D eigenvalue weighted by Crippen LogP contribution is 2.23. The average Bonchev–Trinajstić information content (AvgIpc) is 3.37. The van der Waals surface area contributed by atoms with Crippen molar-refractivity contribution in [1.29, 1.82) is 0 Å². The summed E-state index contributed by atoms with van der Waals surface area (Å²) in [5, 5.41) is 8.32. The molecule has 0 spiro atoms. The number of anilines is 1. The second kappa shape index (κ2) is 7.67. The Morgan fingerprint density at radius 2 is 1.97 bits per heavy atom. The van der Waals surface area contributed by atoms with E-state index in [9.17, 15) is 13.2 Å². The minimum Gasteiger partial charge on any atom is -0.360 e. The third-order valence-electron chi connectivity index (χ3n) is 4.50. The summed E-state index contributed by atoms with van der Waals surface area (Å²) in [5.41, 5.74) is 2.53. The number of hydrogen-bond donors (Lipinski definition) is 2. The van der Waals surface area contributed by atoms with Crippen molar-refractivity contribution in [2.75, 3.05) is 5.32 Å². The maximum Gasteiger partial charge on any atom is 0.246 e. The van der Waals surface area contributed by atoms with Gasteiger partial charge >= 0.3 is 0 Å². The first-order valence-corrected chi connectivity index (χ1v) is 11.4. The summed E-state index contributed by atoms with van der Waals surface area (Å²) >= 11 is 1.55. The Hall–Kier alpha value is -3.02. The number of aromatic nitrogens is 3. The molecule has 2 N–H and O–H groups in total. The Morgan fingerprint density at radius 1 is 1.23 bits per heavy atom. The molecule has 0 bridgehead atoms. The average molecular weight is 446 g/mol. The summed E-state index contributed by atoms with van der Waals surface area (Å²) in [6.07, 6.45) is 3.88. The minimum absolute atomic E-state index is 0.0496. The SMILES string of the molecule is Cc1noc(C)c1S(=O)(=O)N[C@H](C)C(=O)Nc1ccc(-c2cn3ccsc3n2)cc1. The first-order valence-electron chi connectivity index (χ1n) is 9.03. The van der Waals surface area contributed by atoms with Gasteiger partial charge in [-0.25, -0.2) is 13.4 Å². The molecule has 1 amide bonds.